The monoisotopic (exact) mass is 419 g/mol. The van der Waals surface area contributed by atoms with Crippen LogP contribution in [-0.4, -0.2) is 53.4 Å². The van der Waals surface area contributed by atoms with E-state index >= 15 is 0 Å². The first-order valence-electron chi connectivity index (χ1n) is 10.1. The molecule has 1 aliphatic heterocycles. The van der Waals surface area contributed by atoms with E-state index in [1.54, 1.807) is 37.4 Å². The van der Waals surface area contributed by atoms with Gasteiger partial charge in [0.2, 0.25) is 5.91 Å². The second-order valence-electron chi connectivity index (χ2n) is 7.90. The molecule has 1 atom stereocenters. The topological polar surface area (TPSA) is 56.4 Å². The van der Waals surface area contributed by atoms with Crippen LogP contribution < -0.4 is 24.6 Å². The number of ether oxygens (including phenoxy) is 2. The molecule has 1 aromatic carbocycles. The van der Waals surface area contributed by atoms with Gasteiger partial charge in [-0.2, -0.15) is 0 Å². The first-order valence-corrected chi connectivity index (χ1v) is 10.9. The van der Waals surface area contributed by atoms with Crippen LogP contribution in [0.3, 0.4) is 0 Å². The molecule has 1 aliphatic rings. The standard InChI is InChI=1S/C22H31N3O3S/c1-14-15(2)29-22(23-16(3)26)20(14)21(25-9-7-24(4)8-10-25)17-11-18(27-5)13-19(12-17)28-6/h11-13,21H,7-10H2,1-6H3,(H,23,26)/p+2/t21-/m0/s1. The minimum absolute atomic E-state index is 0.0349. The molecule has 0 aliphatic carbocycles. The summed E-state index contributed by atoms with van der Waals surface area (Å²) in [5.74, 6) is 1.54. The van der Waals surface area contributed by atoms with Gasteiger partial charge in [-0.15, -0.1) is 11.3 Å². The van der Waals surface area contributed by atoms with Crippen molar-refractivity contribution in [2.45, 2.75) is 26.8 Å². The van der Waals surface area contributed by atoms with Crippen molar-refractivity contribution in [1.82, 2.24) is 0 Å². The summed E-state index contributed by atoms with van der Waals surface area (Å²) in [4.78, 5) is 16.2. The number of rotatable bonds is 6. The summed E-state index contributed by atoms with van der Waals surface area (Å²) in [6.45, 7) is 10.3. The molecular weight excluding hydrogens is 386 g/mol. The fourth-order valence-electron chi connectivity index (χ4n) is 4.13. The lowest BCUT2D eigenvalue weighted by Crippen LogP contribution is -3.27. The Balaban J connectivity index is 2.16. The van der Waals surface area contributed by atoms with Crippen LogP contribution in [0.25, 0.3) is 0 Å². The van der Waals surface area contributed by atoms with Crippen molar-refractivity contribution in [3.63, 3.8) is 0 Å². The van der Waals surface area contributed by atoms with Crippen LogP contribution in [0.5, 0.6) is 11.5 Å². The van der Waals surface area contributed by atoms with Crippen molar-refractivity contribution >= 4 is 22.2 Å². The Hall–Kier alpha value is -2.09. The maximum absolute atomic E-state index is 11.9. The molecule has 3 rings (SSSR count). The van der Waals surface area contributed by atoms with Gasteiger partial charge in [0.1, 0.15) is 48.7 Å². The normalized spacial score (nSPS) is 20.2. The summed E-state index contributed by atoms with van der Waals surface area (Å²) in [5, 5.41) is 4.05. The first kappa shape index (κ1) is 21.6. The second kappa shape index (κ2) is 9.15. The minimum atomic E-state index is -0.0349. The maximum Gasteiger partial charge on any atom is 0.221 e. The van der Waals surface area contributed by atoms with E-state index in [1.807, 2.05) is 6.07 Å². The van der Waals surface area contributed by atoms with E-state index < -0.39 is 0 Å². The van der Waals surface area contributed by atoms with Crippen LogP contribution in [0.15, 0.2) is 18.2 Å². The van der Waals surface area contributed by atoms with Gasteiger partial charge in [0.05, 0.1) is 26.8 Å². The number of carbonyl (C=O) groups excluding carboxylic acids is 1. The molecule has 2 aromatic rings. The fourth-order valence-corrected chi connectivity index (χ4v) is 5.28. The van der Waals surface area contributed by atoms with Gasteiger partial charge in [0.15, 0.2) is 0 Å². The number of hydrogen-bond donors (Lipinski definition) is 3. The summed E-state index contributed by atoms with van der Waals surface area (Å²) >= 11 is 1.66. The number of amides is 1. The number of piperazine rings is 1. The number of methoxy groups -OCH3 is 2. The Bertz CT molecular complexity index is 850. The first-order chi connectivity index (χ1) is 13.8. The third-order valence-corrected chi connectivity index (χ3v) is 7.01. The number of carbonyl (C=O) groups is 1. The van der Waals surface area contributed by atoms with Gasteiger partial charge < -0.3 is 24.6 Å². The molecule has 0 bridgehead atoms. The van der Waals surface area contributed by atoms with Crippen LogP contribution in [-0.2, 0) is 4.79 Å². The highest BCUT2D eigenvalue weighted by Gasteiger charge is 2.35. The van der Waals surface area contributed by atoms with Crippen molar-refractivity contribution in [2.24, 2.45) is 0 Å². The number of anilines is 1. The van der Waals surface area contributed by atoms with Crippen LogP contribution >= 0.6 is 11.3 Å². The maximum atomic E-state index is 11.9. The Morgan fingerprint density at radius 3 is 2.17 bits per heavy atom. The summed E-state index contributed by atoms with van der Waals surface area (Å²) in [6, 6.07) is 6.23. The van der Waals surface area contributed by atoms with E-state index in [1.165, 1.54) is 20.9 Å². The molecule has 3 N–H and O–H groups in total. The molecule has 29 heavy (non-hydrogen) atoms. The largest absolute Gasteiger partial charge is 0.497 e. The molecule has 1 saturated heterocycles. The fraction of sp³-hybridized carbons (Fsp3) is 0.500. The van der Waals surface area contributed by atoms with Gasteiger partial charge in [0.25, 0.3) is 0 Å². The lowest BCUT2D eigenvalue weighted by Gasteiger charge is -2.34. The molecule has 0 radical (unpaired) electrons. The van der Waals surface area contributed by atoms with Gasteiger partial charge in [-0.1, -0.05) is 0 Å². The number of hydrogen-bond acceptors (Lipinski definition) is 4. The second-order valence-corrected chi connectivity index (χ2v) is 9.13. The Morgan fingerprint density at radius 2 is 1.66 bits per heavy atom. The number of likely N-dealkylation sites (N-methyl/N-ethyl adjacent to an activating group) is 1. The third kappa shape index (κ3) is 4.74. The molecule has 158 valence electrons. The molecule has 1 amide bonds. The molecule has 0 unspecified atom stereocenters. The van der Waals surface area contributed by atoms with E-state index in [4.69, 9.17) is 9.47 Å². The number of aryl methyl sites for hydroxylation is 1. The number of nitrogens with one attached hydrogen (secondary N) is 3. The Morgan fingerprint density at radius 1 is 1.07 bits per heavy atom. The van der Waals surface area contributed by atoms with Crippen molar-refractivity contribution in [2.75, 3.05) is 52.8 Å². The van der Waals surface area contributed by atoms with Crippen LogP contribution in [0.4, 0.5) is 5.00 Å². The predicted octanol–water partition coefficient (Wildman–Crippen LogP) is 0.843. The van der Waals surface area contributed by atoms with Crippen LogP contribution in [0.1, 0.15) is 34.5 Å². The van der Waals surface area contributed by atoms with Crippen LogP contribution in [0.2, 0.25) is 0 Å². The minimum Gasteiger partial charge on any atom is -0.497 e. The quantitative estimate of drug-likeness (QED) is 0.651. The molecular formula is C22H33N3O3S+2. The van der Waals surface area contributed by atoms with Gasteiger partial charge in [-0.25, -0.2) is 0 Å². The number of quaternary nitrogens is 2. The van der Waals surface area contributed by atoms with Crippen molar-refractivity contribution in [3.8, 4) is 11.5 Å². The molecule has 1 aromatic heterocycles. The molecule has 2 heterocycles. The highest BCUT2D eigenvalue weighted by Crippen LogP contribution is 2.39. The Kier molecular flexibility index (Phi) is 6.82. The summed E-state index contributed by atoms with van der Waals surface area (Å²) in [5.41, 5.74) is 3.63. The van der Waals surface area contributed by atoms with Gasteiger partial charge in [-0.05, 0) is 31.5 Å². The van der Waals surface area contributed by atoms with Crippen LogP contribution in [0, 0.1) is 13.8 Å². The smallest absolute Gasteiger partial charge is 0.221 e. The van der Waals surface area contributed by atoms with Gasteiger partial charge in [0, 0.05) is 23.4 Å². The lowest BCUT2D eigenvalue weighted by atomic mass is 9.94. The predicted molar refractivity (Wildman–Crippen MR) is 117 cm³/mol. The van der Waals surface area contributed by atoms with Gasteiger partial charge in [-0.3, -0.25) is 4.79 Å². The highest BCUT2D eigenvalue weighted by atomic mass is 32.1. The zero-order valence-electron chi connectivity index (χ0n) is 18.3. The Labute approximate surface area is 177 Å². The zero-order chi connectivity index (χ0) is 21.1. The van der Waals surface area contributed by atoms with Crippen molar-refractivity contribution in [1.29, 1.82) is 0 Å². The van der Waals surface area contributed by atoms with E-state index in [2.05, 4.69) is 38.3 Å². The summed E-state index contributed by atoms with van der Waals surface area (Å²) in [7, 11) is 5.62. The average Bonchev–Trinajstić information content (AvgIpc) is 2.96. The van der Waals surface area contributed by atoms with Crippen molar-refractivity contribution < 1.29 is 24.1 Å². The molecule has 1 fully saturated rings. The lowest BCUT2D eigenvalue weighted by molar-refractivity contribution is -1.02. The molecule has 6 nitrogen and oxygen atoms in total. The van der Waals surface area contributed by atoms with Gasteiger partial charge >= 0.3 is 0 Å². The van der Waals surface area contributed by atoms with E-state index in [-0.39, 0.29) is 11.9 Å². The molecule has 7 heteroatoms. The third-order valence-electron chi connectivity index (χ3n) is 5.87. The van der Waals surface area contributed by atoms with E-state index in [0.717, 1.165) is 48.2 Å². The van der Waals surface area contributed by atoms with E-state index in [0.29, 0.717) is 0 Å². The SMILES string of the molecule is COc1cc(OC)cc([C@@H](c2c(NC(C)=O)sc(C)c2C)[NH+]2CC[NH+](C)CC2)c1. The molecule has 0 saturated carbocycles. The number of thiophene rings is 1. The summed E-state index contributed by atoms with van der Waals surface area (Å²) < 4.78 is 11.1. The number of benzene rings is 1. The average molecular weight is 420 g/mol. The summed E-state index contributed by atoms with van der Waals surface area (Å²) in [6.07, 6.45) is 0. The molecule has 0 spiro atoms. The zero-order valence-corrected chi connectivity index (χ0v) is 19.1. The van der Waals surface area contributed by atoms with E-state index in [9.17, 15) is 4.79 Å². The highest BCUT2D eigenvalue weighted by molar-refractivity contribution is 7.16. The van der Waals surface area contributed by atoms with Crippen molar-refractivity contribution in [3.05, 3.63) is 39.8 Å².